The molecule has 3 aromatic rings. The number of nitrogens with zero attached hydrogens (tertiary/aromatic N) is 3. The molecular formula is C23H23N3O2. The molecule has 1 aliphatic rings. The summed E-state index contributed by atoms with van der Waals surface area (Å²) in [7, 11) is 0. The first-order chi connectivity index (χ1) is 13.4. The number of carbonyl (C=O) groups is 1. The lowest BCUT2D eigenvalue weighted by atomic mass is 10.0. The van der Waals surface area contributed by atoms with Gasteiger partial charge in [0.1, 0.15) is 6.54 Å². The molecule has 0 aliphatic carbocycles. The number of hydrogen-bond acceptors (Lipinski definition) is 3. The normalized spacial score (nSPS) is 15.5. The predicted octanol–water partition coefficient (Wildman–Crippen LogP) is 3.50. The summed E-state index contributed by atoms with van der Waals surface area (Å²) in [6.07, 6.45) is 0.826. The van der Waals surface area contributed by atoms with Gasteiger partial charge in [0.15, 0.2) is 0 Å². The molecule has 1 atom stereocenters. The molecule has 0 spiro atoms. The molecule has 5 heteroatoms. The second-order valence-electron chi connectivity index (χ2n) is 7.48. The maximum absolute atomic E-state index is 13.0. The minimum Gasteiger partial charge on any atom is -0.307 e. The molecule has 0 fully saturated rings. The molecule has 28 heavy (non-hydrogen) atoms. The van der Waals surface area contributed by atoms with Crippen LogP contribution in [0.25, 0.3) is 11.3 Å². The lowest BCUT2D eigenvalue weighted by molar-refractivity contribution is -0.119. The quantitative estimate of drug-likeness (QED) is 0.706. The monoisotopic (exact) mass is 373 g/mol. The molecule has 1 amide bonds. The average Bonchev–Trinajstić information content (AvgIpc) is 3.01. The van der Waals surface area contributed by atoms with E-state index in [2.05, 4.69) is 5.10 Å². The van der Waals surface area contributed by atoms with Crippen molar-refractivity contribution in [3.8, 4) is 11.3 Å². The summed E-state index contributed by atoms with van der Waals surface area (Å²) < 4.78 is 1.27. The van der Waals surface area contributed by atoms with Gasteiger partial charge in [-0.15, -0.1) is 0 Å². The average molecular weight is 373 g/mol. The molecule has 0 N–H and O–H groups in total. The second kappa shape index (κ2) is 7.08. The van der Waals surface area contributed by atoms with Gasteiger partial charge in [0, 0.05) is 23.4 Å². The van der Waals surface area contributed by atoms with E-state index in [4.69, 9.17) is 0 Å². The first-order valence-electron chi connectivity index (χ1n) is 9.50. The Balaban J connectivity index is 1.66. The summed E-state index contributed by atoms with van der Waals surface area (Å²) in [4.78, 5) is 27.2. The maximum atomic E-state index is 13.0. The number of fused-ring (bicyclic) bond motifs is 1. The van der Waals surface area contributed by atoms with Crippen LogP contribution >= 0.6 is 0 Å². The summed E-state index contributed by atoms with van der Waals surface area (Å²) in [5.74, 6) is -0.120. The molecule has 1 aromatic heterocycles. The van der Waals surface area contributed by atoms with Crippen molar-refractivity contribution in [1.82, 2.24) is 9.78 Å². The van der Waals surface area contributed by atoms with Crippen LogP contribution in [-0.4, -0.2) is 21.7 Å². The van der Waals surface area contributed by atoms with Crippen LogP contribution in [0.5, 0.6) is 0 Å². The van der Waals surface area contributed by atoms with Crippen LogP contribution in [-0.2, 0) is 17.8 Å². The van der Waals surface area contributed by atoms with Crippen molar-refractivity contribution in [2.24, 2.45) is 0 Å². The molecule has 142 valence electrons. The van der Waals surface area contributed by atoms with Crippen molar-refractivity contribution in [2.45, 2.75) is 39.8 Å². The Bertz CT molecular complexity index is 1120. The number of aromatic nitrogens is 2. The standard InChI is InChI=1S/C23H23N3O2/c1-15-8-9-16(2)19(12-15)20-10-11-22(27)25(24-20)14-23(28)26-17(3)13-18-6-4-5-7-21(18)26/h4-12,17H,13-14H2,1-3H3. The summed E-state index contributed by atoms with van der Waals surface area (Å²) in [5, 5.41) is 4.49. The Hall–Kier alpha value is -3.21. The van der Waals surface area contributed by atoms with Gasteiger partial charge in [-0.25, -0.2) is 4.68 Å². The van der Waals surface area contributed by atoms with Crippen LogP contribution in [0.3, 0.4) is 0 Å². The SMILES string of the molecule is Cc1ccc(C)c(-c2ccc(=O)n(CC(=O)N3c4ccccc4CC3C)n2)c1. The van der Waals surface area contributed by atoms with E-state index in [1.807, 2.05) is 63.2 Å². The third-order valence-corrected chi connectivity index (χ3v) is 5.30. The molecule has 1 unspecified atom stereocenters. The molecule has 0 saturated carbocycles. The fourth-order valence-corrected chi connectivity index (χ4v) is 3.87. The minimum atomic E-state index is -0.275. The highest BCUT2D eigenvalue weighted by Crippen LogP contribution is 2.32. The number of benzene rings is 2. The minimum absolute atomic E-state index is 0.0720. The van der Waals surface area contributed by atoms with Crippen molar-refractivity contribution >= 4 is 11.6 Å². The maximum Gasteiger partial charge on any atom is 0.267 e. The molecule has 2 aromatic carbocycles. The summed E-state index contributed by atoms with van der Waals surface area (Å²) in [5.41, 5.74) is 5.69. The van der Waals surface area contributed by atoms with Crippen molar-refractivity contribution in [3.05, 3.63) is 81.6 Å². The number of para-hydroxylation sites is 1. The first kappa shape index (κ1) is 18.2. The Kier molecular flexibility index (Phi) is 4.59. The van der Waals surface area contributed by atoms with E-state index in [0.717, 1.165) is 34.4 Å². The third-order valence-electron chi connectivity index (χ3n) is 5.30. The highest BCUT2D eigenvalue weighted by atomic mass is 16.2. The number of carbonyl (C=O) groups excluding carboxylic acids is 1. The van der Waals surface area contributed by atoms with Gasteiger partial charge in [0.2, 0.25) is 5.91 Å². The van der Waals surface area contributed by atoms with E-state index >= 15 is 0 Å². The van der Waals surface area contributed by atoms with Gasteiger partial charge in [0.05, 0.1) is 5.69 Å². The van der Waals surface area contributed by atoms with Crippen LogP contribution in [0.15, 0.2) is 59.4 Å². The second-order valence-corrected chi connectivity index (χ2v) is 7.48. The summed E-state index contributed by atoms with van der Waals surface area (Å²) in [6, 6.07) is 17.3. The molecular weight excluding hydrogens is 350 g/mol. The Morgan fingerprint density at radius 1 is 1.11 bits per heavy atom. The smallest absolute Gasteiger partial charge is 0.267 e. The van der Waals surface area contributed by atoms with Crippen molar-refractivity contribution in [1.29, 1.82) is 0 Å². The number of rotatable bonds is 3. The number of anilines is 1. The van der Waals surface area contributed by atoms with E-state index in [0.29, 0.717) is 5.69 Å². The molecule has 0 saturated heterocycles. The first-order valence-corrected chi connectivity index (χ1v) is 9.50. The van der Waals surface area contributed by atoms with E-state index in [-0.39, 0.29) is 24.1 Å². The molecule has 0 radical (unpaired) electrons. The van der Waals surface area contributed by atoms with Gasteiger partial charge in [-0.3, -0.25) is 9.59 Å². The van der Waals surface area contributed by atoms with E-state index < -0.39 is 0 Å². The van der Waals surface area contributed by atoms with Gasteiger partial charge < -0.3 is 4.90 Å². The molecule has 2 heterocycles. The van der Waals surface area contributed by atoms with Crippen LogP contribution in [0.4, 0.5) is 5.69 Å². The molecule has 0 bridgehead atoms. The topological polar surface area (TPSA) is 55.2 Å². The van der Waals surface area contributed by atoms with Crippen molar-refractivity contribution in [3.63, 3.8) is 0 Å². The van der Waals surface area contributed by atoms with E-state index in [1.165, 1.54) is 10.7 Å². The number of amides is 1. The molecule has 1 aliphatic heterocycles. The molecule has 4 rings (SSSR count). The van der Waals surface area contributed by atoms with Crippen LogP contribution < -0.4 is 10.5 Å². The lowest BCUT2D eigenvalue weighted by Crippen LogP contribution is -2.40. The van der Waals surface area contributed by atoms with E-state index in [9.17, 15) is 9.59 Å². The van der Waals surface area contributed by atoms with Gasteiger partial charge in [0.25, 0.3) is 5.56 Å². The van der Waals surface area contributed by atoms with Crippen LogP contribution in [0.2, 0.25) is 0 Å². The highest BCUT2D eigenvalue weighted by molar-refractivity contribution is 5.96. The molecule has 5 nitrogen and oxygen atoms in total. The van der Waals surface area contributed by atoms with E-state index in [1.54, 1.807) is 11.0 Å². The van der Waals surface area contributed by atoms with Crippen LogP contribution in [0, 0.1) is 13.8 Å². The predicted molar refractivity (Wildman–Crippen MR) is 111 cm³/mol. The van der Waals surface area contributed by atoms with Crippen molar-refractivity contribution in [2.75, 3.05) is 4.90 Å². The largest absolute Gasteiger partial charge is 0.307 e. The Morgan fingerprint density at radius 3 is 2.71 bits per heavy atom. The lowest BCUT2D eigenvalue weighted by Gasteiger charge is -2.23. The van der Waals surface area contributed by atoms with Gasteiger partial charge in [-0.1, -0.05) is 35.9 Å². The zero-order valence-electron chi connectivity index (χ0n) is 16.3. The highest BCUT2D eigenvalue weighted by Gasteiger charge is 2.30. The van der Waals surface area contributed by atoms with Gasteiger partial charge >= 0.3 is 0 Å². The summed E-state index contributed by atoms with van der Waals surface area (Å²) >= 11 is 0. The van der Waals surface area contributed by atoms with Crippen LogP contribution in [0.1, 0.15) is 23.6 Å². The van der Waals surface area contributed by atoms with Gasteiger partial charge in [-0.2, -0.15) is 5.10 Å². The fraction of sp³-hybridized carbons (Fsp3) is 0.261. The summed E-state index contributed by atoms with van der Waals surface area (Å²) in [6.45, 7) is 5.99. The Morgan fingerprint density at radius 2 is 1.89 bits per heavy atom. The fourth-order valence-electron chi connectivity index (χ4n) is 3.87. The van der Waals surface area contributed by atoms with Crippen molar-refractivity contribution < 1.29 is 4.79 Å². The Labute approximate surface area is 164 Å². The number of hydrogen-bond donors (Lipinski definition) is 0. The number of aryl methyl sites for hydroxylation is 2. The zero-order valence-corrected chi connectivity index (χ0v) is 16.3. The third kappa shape index (κ3) is 3.24. The zero-order chi connectivity index (χ0) is 19.8. The van der Waals surface area contributed by atoms with Gasteiger partial charge in [-0.05, 0) is 56.5 Å².